The Kier molecular flexibility index (Phi) is 4.04. The van der Waals surface area contributed by atoms with Crippen LogP contribution in [-0.2, 0) is 4.79 Å². The third-order valence-electron chi connectivity index (χ3n) is 3.34. The Bertz CT molecular complexity index is 433. The van der Waals surface area contributed by atoms with Gasteiger partial charge in [0.25, 0.3) is 0 Å². The largest absolute Gasteiger partial charge is 0.392 e. The average molecular weight is 345 g/mol. The van der Waals surface area contributed by atoms with Crippen molar-refractivity contribution in [1.82, 2.24) is 0 Å². The fraction of sp³-hybridized carbons (Fsp3) is 0.462. The van der Waals surface area contributed by atoms with Crippen LogP contribution in [0.2, 0.25) is 0 Å². The molecule has 1 saturated carbocycles. The molecule has 2 atom stereocenters. The maximum Gasteiger partial charge on any atom is 0.230 e. The van der Waals surface area contributed by atoms with Crippen molar-refractivity contribution in [2.45, 2.75) is 32.3 Å². The smallest absolute Gasteiger partial charge is 0.230 e. The highest BCUT2D eigenvalue weighted by Crippen LogP contribution is 2.28. The van der Waals surface area contributed by atoms with Gasteiger partial charge in [-0.25, -0.2) is 0 Å². The monoisotopic (exact) mass is 345 g/mol. The van der Waals surface area contributed by atoms with E-state index in [0.717, 1.165) is 34.1 Å². The van der Waals surface area contributed by atoms with Crippen molar-refractivity contribution in [2.75, 3.05) is 5.32 Å². The van der Waals surface area contributed by atoms with Crippen molar-refractivity contribution >= 4 is 34.2 Å². The van der Waals surface area contributed by atoms with Crippen LogP contribution in [0.4, 0.5) is 5.69 Å². The minimum Gasteiger partial charge on any atom is -0.392 e. The first-order chi connectivity index (χ1) is 8.09. The van der Waals surface area contributed by atoms with Crippen molar-refractivity contribution in [1.29, 1.82) is 0 Å². The molecule has 1 aromatic carbocycles. The standard InChI is InChI=1S/C13H16INO2/c1-8-10(14)5-3-6-11(8)15-13(17)9-4-2-7-12(9)16/h3,5-6,9,12,16H,2,4,7H2,1H3,(H,15,17). The second-order valence-corrected chi connectivity index (χ2v) is 5.67. The second-order valence-electron chi connectivity index (χ2n) is 4.51. The Morgan fingerprint density at radius 1 is 1.47 bits per heavy atom. The molecule has 0 spiro atoms. The molecule has 0 heterocycles. The minimum atomic E-state index is -0.474. The van der Waals surface area contributed by atoms with Crippen molar-refractivity contribution in [3.63, 3.8) is 0 Å². The number of amides is 1. The predicted octanol–water partition coefficient (Wildman–Crippen LogP) is 2.70. The third kappa shape index (κ3) is 2.80. The number of hydrogen-bond donors (Lipinski definition) is 2. The summed E-state index contributed by atoms with van der Waals surface area (Å²) in [6.07, 6.45) is 1.99. The fourth-order valence-electron chi connectivity index (χ4n) is 2.21. The van der Waals surface area contributed by atoms with Gasteiger partial charge in [0.1, 0.15) is 0 Å². The Morgan fingerprint density at radius 3 is 2.88 bits per heavy atom. The SMILES string of the molecule is Cc1c(I)cccc1NC(=O)C1CCCC1O. The molecule has 0 saturated heterocycles. The van der Waals surface area contributed by atoms with Gasteiger partial charge in [-0.3, -0.25) is 4.79 Å². The number of carbonyl (C=O) groups is 1. The molecule has 1 aromatic rings. The second kappa shape index (κ2) is 5.35. The van der Waals surface area contributed by atoms with E-state index < -0.39 is 6.10 Å². The molecule has 0 aliphatic heterocycles. The lowest BCUT2D eigenvalue weighted by Gasteiger charge is -2.16. The number of rotatable bonds is 2. The zero-order chi connectivity index (χ0) is 12.4. The molecule has 1 amide bonds. The molecule has 1 fully saturated rings. The minimum absolute atomic E-state index is 0.0555. The van der Waals surface area contributed by atoms with Crippen LogP contribution in [0.25, 0.3) is 0 Å². The van der Waals surface area contributed by atoms with E-state index in [0.29, 0.717) is 0 Å². The highest BCUT2D eigenvalue weighted by atomic mass is 127. The maximum absolute atomic E-state index is 12.0. The van der Waals surface area contributed by atoms with Crippen LogP contribution in [0.15, 0.2) is 18.2 Å². The van der Waals surface area contributed by atoms with Crippen LogP contribution in [0.1, 0.15) is 24.8 Å². The molecule has 4 heteroatoms. The van der Waals surface area contributed by atoms with E-state index in [1.54, 1.807) is 0 Å². The van der Waals surface area contributed by atoms with Gasteiger partial charge in [0.15, 0.2) is 0 Å². The summed E-state index contributed by atoms with van der Waals surface area (Å²) in [6, 6.07) is 5.84. The van der Waals surface area contributed by atoms with E-state index in [2.05, 4.69) is 27.9 Å². The van der Waals surface area contributed by atoms with Gasteiger partial charge in [0.05, 0.1) is 12.0 Å². The van der Waals surface area contributed by atoms with E-state index in [1.165, 1.54) is 0 Å². The molecule has 1 aliphatic carbocycles. The number of anilines is 1. The first-order valence-electron chi connectivity index (χ1n) is 5.83. The lowest BCUT2D eigenvalue weighted by molar-refractivity contribution is -0.122. The van der Waals surface area contributed by atoms with Crippen molar-refractivity contribution < 1.29 is 9.90 Å². The maximum atomic E-state index is 12.0. The molecular weight excluding hydrogens is 329 g/mol. The summed E-state index contributed by atoms with van der Waals surface area (Å²) in [4.78, 5) is 12.0. The molecule has 0 aromatic heterocycles. The van der Waals surface area contributed by atoms with Gasteiger partial charge in [0, 0.05) is 9.26 Å². The van der Waals surface area contributed by atoms with Crippen LogP contribution in [-0.4, -0.2) is 17.1 Å². The summed E-state index contributed by atoms with van der Waals surface area (Å²) < 4.78 is 1.13. The molecule has 1 aliphatic rings. The number of aliphatic hydroxyl groups is 1. The molecule has 17 heavy (non-hydrogen) atoms. The molecule has 2 N–H and O–H groups in total. The summed E-state index contributed by atoms with van der Waals surface area (Å²) in [5, 5.41) is 12.6. The van der Waals surface area contributed by atoms with Gasteiger partial charge in [-0.2, -0.15) is 0 Å². The Labute approximate surface area is 115 Å². The highest BCUT2D eigenvalue weighted by molar-refractivity contribution is 14.1. The molecule has 2 unspecified atom stereocenters. The Morgan fingerprint density at radius 2 is 2.24 bits per heavy atom. The summed E-state index contributed by atoms with van der Waals surface area (Å²) in [5.41, 5.74) is 1.93. The number of nitrogens with one attached hydrogen (secondary N) is 1. The normalized spacial score (nSPS) is 23.7. The first kappa shape index (κ1) is 12.8. The first-order valence-corrected chi connectivity index (χ1v) is 6.91. The van der Waals surface area contributed by atoms with Crippen LogP contribution in [0.3, 0.4) is 0 Å². The van der Waals surface area contributed by atoms with Gasteiger partial charge in [-0.15, -0.1) is 0 Å². The predicted molar refractivity (Wildman–Crippen MR) is 75.9 cm³/mol. The van der Waals surface area contributed by atoms with Crippen molar-refractivity contribution in [3.8, 4) is 0 Å². The molecule has 3 nitrogen and oxygen atoms in total. The summed E-state index contributed by atoms with van der Waals surface area (Å²) in [6.45, 7) is 1.99. The van der Waals surface area contributed by atoms with Gasteiger partial charge < -0.3 is 10.4 Å². The van der Waals surface area contributed by atoms with Gasteiger partial charge >= 0.3 is 0 Å². The van der Waals surface area contributed by atoms with E-state index in [9.17, 15) is 9.90 Å². The number of aliphatic hydroxyl groups excluding tert-OH is 1. The molecular formula is C13H16INO2. The number of hydrogen-bond acceptors (Lipinski definition) is 2. The van der Waals surface area contributed by atoms with Crippen LogP contribution in [0.5, 0.6) is 0 Å². The van der Waals surface area contributed by atoms with Crippen LogP contribution in [0, 0.1) is 16.4 Å². The zero-order valence-corrected chi connectivity index (χ0v) is 11.9. The molecule has 0 bridgehead atoms. The van der Waals surface area contributed by atoms with E-state index in [-0.39, 0.29) is 11.8 Å². The van der Waals surface area contributed by atoms with Gasteiger partial charge in [-0.1, -0.05) is 6.07 Å². The summed E-state index contributed by atoms with van der Waals surface area (Å²) in [7, 11) is 0. The van der Waals surface area contributed by atoms with Crippen LogP contribution >= 0.6 is 22.6 Å². The lowest BCUT2D eigenvalue weighted by atomic mass is 10.0. The number of benzene rings is 1. The van der Waals surface area contributed by atoms with Crippen molar-refractivity contribution in [2.24, 2.45) is 5.92 Å². The molecule has 0 radical (unpaired) electrons. The average Bonchev–Trinajstić information content (AvgIpc) is 2.71. The Hall–Kier alpha value is -0.620. The number of halogens is 1. The molecule has 2 rings (SSSR count). The quantitative estimate of drug-likeness (QED) is 0.810. The van der Waals surface area contributed by atoms with E-state index in [1.807, 2.05) is 25.1 Å². The van der Waals surface area contributed by atoms with E-state index in [4.69, 9.17) is 0 Å². The highest BCUT2D eigenvalue weighted by Gasteiger charge is 2.31. The fourth-order valence-corrected chi connectivity index (χ4v) is 2.71. The topological polar surface area (TPSA) is 49.3 Å². The lowest BCUT2D eigenvalue weighted by Crippen LogP contribution is -2.28. The Balaban J connectivity index is 2.10. The van der Waals surface area contributed by atoms with Crippen LogP contribution < -0.4 is 5.32 Å². The number of carbonyl (C=O) groups excluding carboxylic acids is 1. The summed E-state index contributed by atoms with van der Waals surface area (Å²) >= 11 is 2.25. The molecule has 92 valence electrons. The summed E-state index contributed by atoms with van der Waals surface area (Å²) in [5.74, 6) is -0.299. The van der Waals surface area contributed by atoms with Gasteiger partial charge in [-0.05, 0) is 66.5 Å². The van der Waals surface area contributed by atoms with Crippen molar-refractivity contribution in [3.05, 3.63) is 27.3 Å². The third-order valence-corrected chi connectivity index (χ3v) is 4.51. The van der Waals surface area contributed by atoms with Gasteiger partial charge in [0.2, 0.25) is 5.91 Å². The zero-order valence-electron chi connectivity index (χ0n) is 9.74. The van der Waals surface area contributed by atoms with E-state index >= 15 is 0 Å².